The summed E-state index contributed by atoms with van der Waals surface area (Å²) in [6.07, 6.45) is 0. The second-order valence-corrected chi connectivity index (χ2v) is 17.4. The molecule has 0 unspecified atom stereocenters. The highest BCUT2D eigenvalue weighted by Crippen LogP contribution is 2.62. The highest BCUT2D eigenvalue weighted by atomic mass is 32.1. The molecule has 1 spiro atoms. The zero-order valence-electron chi connectivity index (χ0n) is 32.6. The van der Waals surface area contributed by atoms with Crippen LogP contribution in [-0.2, 0) is 10.8 Å². The van der Waals surface area contributed by atoms with Crippen LogP contribution in [0, 0.1) is 0 Å². The molecule has 2 aliphatic carbocycles. The Bertz CT molecular complexity index is 3280. The van der Waals surface area contributed by atoms with Crippen molar-refractivity contribution in [3.8, 4) is 56.4 Å². The zero-order valence-corrected chi connectivity index (χ0v) is 33.5. The van der Waals surface area contributed by atoms with E-state index in [1.807, 2.05) is 18.2 Å². The van der Waals surface area contributed by atoms with Gasteiger partial charge in [0.25, 0.3) is 0 Å². The molecule has 0 atom stereocenters. The van der Waals surface area contributed by atoms with Crippen LogP contribution in [0.1, 0.15) is 47.2 Å². The van der Waals surface area contributed by atoms with Gasteiger partial charge >= 0.3 is 0 Å². The molecule has 2 aliphatic rings. The molecule has 0 fully saturated rings. The molecule has 278 valence electrons. The second-order valence-electron chi connectivity index (χ2n) is 16.3. The molecule has 12 rings (SSSR count). The van der Waals surface area contributed by atoms with Crippen molar-refractivity contribution in [1.29, 1.82) is 0 Å². The van der Waals surface area contributed by atoms with Gasteiger partial charge in [-0.3, -0.25) is 0 Å². The molecule has 0 saturated heterocycles. The fourth-order valence-corrected chi connectivity index (χ4v) is 11.3. The van der Waals surface area contributed by atoms with E-state index < -0.39 is 5.41 Å². The summed E-state index contributed by atoms with van der Waals surface area (Å²) in [5.74, 6) is 1.96. The van der Waals surface area contributed by atoms with Gasteiger partial charge in [0.15, 0.2) is 17.5 Å². The Morgan fingerprint density at radius 1 is 0.339 bits per heavy atom. The van der Waals surface area contributed by atoms with Gasteiger partial charge in [-0.25, -0.2) is 15.0 Å². The van der Waals surface area contributed by atoms with Crippen molar-refractivity contribution in [3.05, 3.63) is 221 Å². The van der Waals surface area contributed by atoms with Gasteiger partial charge in [0.2, 0.25) is 0 Å². The Labute approximate surface area is 347 Å². The summed E-state index contributed by atoms with van der Waals surface area (Å²) in [6, 6.07) is 68.4. The van der Waals surface area contributed by atoms with Crippen LogP contribution in [0.4, 0.5) is 0 Å². The maximum absolute atomic E-state index is 5.30. The Kier molecular flexibility index (Phi) is 7.36. The lowest BCUT2D eigenvalue weighted by atomic mass is 9.55. The molecule has 0 bridgehead atoms. The predicted octanol–water partition coefficient (Wildman–Crippen LogP) is 13.9. The van der Waals surface area contributed by atoms with E-state index >= 15 is 0 Å². The Morgan fingerprint density at radius 3 is 1.61 bits per heavy atom. The van der Waals surface area contributed by atoms with E-state index in [-0.39, 0.29) is 5.41 Å². The van der Waals surface area contributed by atoms with Crippen molar-refractivity contribution in [2.75, 3.05) is 0 Å². The van der Waals surface area contributed by atoms with Crippen molar-refractivity contribution < 1.29 is 0 Å². The third kappa shape index (κ3) is 4.90. The third-order valence-corrected chi connectivity index (χ3v) is 14.0. The van der Waals surface area contributed by atoms with Crippen molar-refractivity contribution in [2.24, 2.45) is 0 Å². The normalized spacial score (nSPS) is 14.2. The van der Waals surface area contributed by atoms with Gasteiger partial charge in [-0.15, -0.1) is 11.3 Å². The van der Waals surface area contributed by atoms with Crippen LogP contribution in [0.5, 0.6) is 0 Å². The maximum atomic E-state index is 5.30. The predicted molar refractivity (Wildman–Crippen MR) is 244 cm³/mol. The molecule has 0 radical (unpaired) electrons. The lowest BCUT2D eigenvalue weighted by molar-refractivity contribution is 0.563. The van der Waals surface area contributed by atoms with Crippen LogP contribution < -0.4 is 0 Å². The van der Waals surface area contributed by atoms with Crippen LogP contribution in [0.3, 0.4) is 0 Å². The Morgan fingerprint density at radius 2 is 0.864 bits per heavy atom. The van der Waals surface area contributed by atoms with Crippen LogP contribution in [0.15, 0.2) is 188 Å². The van der Waals surface area contributed by atoms with Gasteiger partial charge in [0.1, 0.15) is 0 Å². The summed E-state index contributed by atoms with van der Waals surface area (Å²) in [5, 5.41) is 2.53. The minimum atomic E-state index is -0.481. The van der Waals surface area contributed by atoms with Crippen molar-refractivity contribution in [1.82, 2.24) is 15.0 Å². The molecule has 0 amide bonds. The fraction of sp³-hybridized carbons (Fsp3) is 0.0727. The lowest BCUT2D eigenvalue weighted by Gasteiger charge is -2.47. The summed E-state index contributed by atoms with van der Waals surface area (Å²) in [7, 11) is 0. The standard InChI is InChI=1S/C55H37N3S/c1-54(2)45-25-13-14-26-47(45)55(43-23-11-8-19-38(43)39-20-9-12-24-44(39)55)48-32-35(29-31-46(48)54)37-18-6-7-22-42(37)53-57-51(34-16-4-3-5-17-34)56-52(58-53)36-28-30-41-40-21-10-15-27-49(40)59-50(41)33-36/h3-33H,1-2H3. The summed E-state index contributed by atoms with van der Waals surface area (Å²) in [5.41, 5.74) is 15.1. The molecule has 59 heavy (non-hydrogen) atoms. The van der Waals surface area contributed by atoms with Crippen LogP contribution in [0.25, 0.3) is 76.6 Å². The topological polar surface area (TPSA) is 38.7 Å². The van der Waals surface area contributed by atoms with Gasteiger partial charge in [-0.1, -0.05) is 184 Å². The molecule has 4 heteroatoms. The van der Waals surface area contributed by atoms with Crippen molar-refractivity contribution in [2.45, 2.75) is 24.7 Å². The van der Waals surface area contributed by atoms with Gasteiger partial charge in [-0.05, 0) is 73.8 Å². The maximum Gasteiger partial charge on any atom is 0.164 e. The molecule has 2 heterocycles. The van der Waals surface area contributed by atoms with E-state index in [4.69, 9.17) is 15.0 Å². The minimum Gasteiger partial charge on any atom is -0.208 e. The molecule has 0 saturated carbocycles. The zero-order chi connectivity index (χ0) is 39.3. The van der Waals surface area contributed by atoms with Crippen LogP contribution in [0.2, 0.25) is 0 Å². The van der Waals surface area contributed by atoms with Gasteiger partial charge in [0.05, 0.1) is 5.41 Å². The van der Waals surface area contributed by atoms with E-state index in [9.17, 15) is 0 Å². The minimum absolute atomic E-state index is 0.217. The molecule has 0 aliphatic heterocycles. The van der Waals surface area contributed by atoms with E-state index in [1.54, 1.807) is 11.3 Å². The number of thiophene rings is 1. The average Bonchev–Trinajstić information content (AvgIpc) is 3.82. The van der Waals surface area contributed by atoms with Gasteiger partial charge in [-0.2, -0.15) is 0 Å². The first-order valence-electron chi connectivity index (χ1n) is 20.3. The first-order valence-corrected chi connectivity index (χ1v) is 21.1. The lowest BCUT2D eigenvalue weighted by Crippen LogP contribution is -2.40. The first kappa shape index (κ1) is 34.1. The number of hydrogen-bond acceptors (Lipinski definition) is 4. The second kappa shape index (κ2) is 12.7. The molecular formula is C55H37N3S. The van der Waals surface area contributed by atoms with Gasteiger partial charge < -0.3 is 0 Å². The van der Waals surface area contributed by atoms with Crippen LogP contribution in [-0.4, -0.2) is 15.0 Å². The Balaban J connectivity index is 1.08. The molecule has 3 nitrogen and oxygen atoms in total. The molecule has 0 N–H and O–H groups in total. The van der Waals surface area contributed by atoms with Crippen molar-refractivity contribution >= 4 is 31.5 Å². The molecule has 8 aromatic carbocycles. The summed E-state index contributed by atoms with van der Waals surface area (Å²) >= 11 is 1.81. The van der Waals surface area contributed by atoms with E-state index in [1.165, 1.54) is 64.7 Å². The monoisotopic (exact) mass is 771 g/mol. The number of rotatable bonds is 4. The number of hydrogen-bond donors (Lipinski definition) is 0. The summed E-state index contributed by atoms with van der Waals surface area (Å²) < 4.78 is 2.49. The smallest absolute Gasteiger partial charge is 0.164 e. The SMILES string of the molecule is CC1(C)c2ccccc2C2(c3ccccc3-c3ccccc32)c2cc(-c3ccccc3-c3nc(-c4ccccc4)nc(-c4ccc5c(c4)sc4ccccc45)n3)ccc21. The Hall–Kier alpha value is -7.01. The third-order valence-electron chi connectivity index (χ3n) is 12.8. The van der Waals surface area contributed by atoms with Crippen LogP contribution >= 0.6 is 11.3 Å². The van der Waals surface area contributed by atoms with E-state index in [2.05, 4.69) is 184 Å². The van der Waals surface area contributed by atoms with E-state index in [0.29, 0.717) is 17.5 Å². The van der Waals surface area contributed by atoms with E-state index in [0.717, 1.165) is 27.8 Å². The fourth-order valence-electron chi connectivity index (χ4n) is 10.2. The van der Waals surface area contributed by atoms with Gasteiger partial charge in [0, 0.05) is 42.3 Å². The summed E-state index contributed by atoms with van der Waals surface area (Å²) in [4.78, 5) is 15.7. The average molecular weight is 772 g/mol. The molecular weight excluding hydrogens is 735 g/mol. The highest BCUT2D eigenvalue weighted by Gasteiger charge is 2.53. The largest absolute Gasteiger partial charge is 0.208 e. The number of fused-ring (bicyclic) bond motifs is 12. The first-order chi connectivity index (χ1) is 29.0. The molecule has 2 aromatic heterocycles. The van der Waals surface area contributed by atoms with Crippen molar-refractivity contribution in [3.63, 3.8) is 0 Å². The highest BCUT2D eigenvalue weighted by molar-refractivity contribution is 7.25. The number of nitrogens with zero attached hydrogens (tertiary/aromatic N) is 3. The quantitative estimate of drug-likeness (QED) is 0.179. The summed E-state index contributed by atoms with van der Waals surface area (Å²) in [6.45, 7) is 4.76. The molecule has 10 aromatic rings. The number of benzene rings is 8. The number of aromatic nitrogens is 3.